The minimum absolute atomic E-state index is 0.147. The van der Waals surface area contributed by atoms with Gasteiger partial charge in [0.05, 0.1) is 11.1 Å². The van der Waals surface area contributed by atoms with Crippen molar-refractivity contribution < 1.29 is 4.74 Å². The molecule has 1 aromatic carbocycles. The third-order valence-corrected chi connectivity index (χ3v) is 5.23. The van der Waals surface area contributed by atoms with Crippen molar-refractivity contribution in [2.45, 2.75) is 39.5 Å². The molecule has 0 amide bonds. The maximum Gasteiger partial charge on any atom is 0.186 e. The number of hydrogen-bond donors (Lipinski definition) is 1. The summed E-state index contributed by atoms with van der Waals surface area (Å²) in [6.07, 6.45) is 0. The topological polar surface area (TPSA) is 24.5 Å². The Labute approximate surface area is 136 Å². The van der Waals surface area contributed by atoms with Gasteiger partial charge in [0, 0.05) is 18.0 Å². The van der Waals surface area contributed by atoms with Crippen LogP contribution in [0.2, 0.25) is 5.02 Å². The fourth-order valence-electron chi connectivity index (χ4n) is 3.30. The molecule has 0 saturated carbocycles. The normalized spacial score (nSPS) is 30.8. The van der Waals surface area contributed by atoms with Crippen molar-refractivity contribution in [1.82, 2.24) is 10.2 Å². The van der Waals surface area contributed by atoms with Gasteiger partial charge in [-0.15, -0.1) is 0 Å². The molecular weight excluding hydrogens is 304 g/mol. The van der Waals surface area contributed by atoms with Crippen LogP contribution < -0.4 is 10.1 Å². The predicted octanol–water partition coefficient (Wildman–Crippen LogP) is 3.97. The van der Waals surface area contributed by atoms with Crippen molar-refractivity contribution in [2.24, 2.45) is 11.8 Å². The molecule has 3 unspecified atom stereocenters. The zero-order chi connectivity index (χ0) is 15.4. The highest BCUT2D eigenvalue weighted by Crippen LogP contribution is 2.50. The molecule has 2 bridgehead atoms. The summed E-state index contributed by atoms with van der Waals surface area (Å²) >= 11 is 11.9. The summed E-state index contributed by atoms with van der Waals surface area (Å²) in [6, 6.07) is 6.05. The Bertz CT molecular complexity index is 592. The van der Waals surface area contributed by atoms with Gasteiger partial charge in [-0.3, -0.25) is 0 Å². The predicted molar refractivity (Wildman–Crippen MR) is 89.7 cm³/mol. The van der Waals surface area contributed by atoms with Gasteiger partial charge in [0.1, 0.15) is 5.75 Å². The van der Waals surface area contributed by atoms with Gasteiger partial charge in [-0.05, 0) is 31.1 Å². The van der Waals surface area contributed by atoms with E-state index < -0.39 is 5.72 Å². The first kappa shape index (κ1) is 14.9. The average molecular weight is 325 g/mol. The minimum Gasteiger partial charge on any atom is -0.466 e. The number of halogens is 1. The maximum atomic E-state index is 6.38. The summed E-state index contributed by atoms with van der Waals surface area (Å²) in [7, 11) is 0. The molecule has 1 N–H and O–H groups in total. The number of thiocarbonyl (C=S) groups is 1. The molecule has 114 valence electrons. The van der Waals surface area contributed by atoms with Crippen molar-refractivity contribution >= 4 is 28.9 Å². The van der Waals surface area contributed by atoms with E-state index in [0.29, 0.717) is 10.9 Å². The van der Waals surface area contributed by atoms with Gasteiger partial charge in [-0.25, -0.2) is 0 Å². The second kappa shape index (κ2) is 5.03. The van der Waals surface area contributed by atoms with Gasteiger partial charge in [-0.1, -0.05) is 44.5 Å². The van der Waals surface area contributed by atoms with E-state index in [1.54, 1.807) is 0 Å². The summed E-state index contributed by atoms with van der Waals surface area (Å²) in [6.45, 7) is 9.56. The standard InChI is InChI=1S/C16H21ClN2OS/c1-9(2)8-19-15(21)18-13-10(3)16(19,4)20-14-11(13)6-5-7-12(14)17/h5-7,9-10,13H,8H2,1-4H3,(H,18,21). The molecule has 1 saturated heterocycles. The summed E-state index contributed by atoms with van der Waals surface area (Å²) in [4.78, 5) is 2.17. The molecule has 2 aliphatic rings. The van der Waals surface area contributed by atoms with Gasteiger partial charge in [0.2, 0.25) is 0 Å². The second-order valence-electron chi connectivity index (χ2n) is 6.54. The number of nitrogens with zero attached hydrogens (tertiary/aromatic N) is 1. The highest BCUT2D eigenvalue weighted by molar-refractivity contribution is 7.80. The quantitative estimate of drug-likeness (QED) is 0.832. The Kier molecular flexibility index (Phi) is 3.57. The molecule has 0 aromatic heterocycles. The molecule has 5 heteroatoms. The van der Waals surface area contributed by atoms with Crippen molar-refractivity contribution in [3.05, 3.63) is 28.8 Å². The molecule has 0 aliphatic carbocycles. The van der Waals surface area contributed by atoms with Crippen LogP contribution in [0.5, 0.6) is 5.75 Å². The van der Waals surface area contributed by atoms with E-state index in [1.807, 2.05) is 12.1 Å². The number of hydrogen-bond acceptors (Lipinski definition) is 2. The number of ether oxygens (including phenoxy) is 1. The molecule has 3 atom stereocenters. The smallest absolute Gasteiger partial charge is 0.186 e. The van der Waals surface area contributed by atoms with Crippen LogP contribution in [0, 0.1) is 11.8 Å². The highest BCUT2D eigenvalue weighted by Gasteiger charge is 2.53. The SMILES string of the molecule is CC(C)CN1C(=S)NC2c3cccc(Cl)c3OC1(C)C2C. The molecular formula is C16H21ClN2OS. The summed E-state index contributed by atoms with van der Waals surface area (Å²) in [5.74, 6) is 1.56. The van der Waals surface area contributed by atoms with E-state index in [9.17, 15) is 0 Å². The van der Waals surface area contributed by atoms with Crippen LogP contribution in [-0.4, -0.2) is 22.3 Å². The lowest BCUT2D eigenvalue weighted by molar-refractivity contribution is -0.113. The van der Waals surface area contributed by atoms with Crippen LogP contribution in [0.3, 0.4) is 0 Å². The number of benzene rings is 1. The first-order valence-electron chi connectivity index (χ1n) is 7.40. The van der Waals surface area contributed by atoms with E-state index in [-0.39, 0.29) is 12.0 Å². The zero-order valence-electron chi connectivity index (χ0n) is 12.8. The molecule has 2 aliphatic heterocycles. The molecule has 21 heavy (non-hydrogen) atoms. The number of fused-ring (bicyclic) bond motifs is 4. The van der Waals surface area contributed by atoms with E-state index in [0.717, 1.165) is 23.0 Å². The molecule has 0 radical (unpaired) electrons. The largest absolute Gasteiger partial charge is 0.466 e. The fourth-order valence-corrected chi connectivity index (χ4v) is 3.90. The first-order chi connectivity index (χ1) is 9.84. The Morgan fingerprint density at radius 2 is 2.19 bits per heavy atom. The molecule has 1 fully saturated rings. The van der Waals surface area contributed by atoms with Crippen molar-refractivity contribution in [3.63, 3.8) is 0 Å². The van der Waals surface area contributed by atoms with Crippen LogP contribution in [-0.2, 0) is 0 Å². The summed E-state index contributed by atoms with van der Waals surface area (Å²) < 4.78 is 6.38. The second-order valence-corrected chi connectivity index (χ2v) is 7.33. The van der Waals surface area contributed by atoms with E-state index in [4.69, 9.17) is 28.6 Å². The van der Waals surface area contributed by atoms with Crippen LogP contribution >= 0.6 is 23.8 Å². The monoisotopic (exact) mass is 324 g/mol. The molecule has 2 heterocycles. The number of nitrogens with one attached hydrogen (secondary N) is 1. The Morgan fingerprint density at radius 3 is 2.86 bits per heavy atom. The van der Waals surface area contributed by atoms with Crippen molar-refractivity contribution in [1.29, 1.82) is 0 Å². The van der Waals surface area contributed by atoms with Crippen LogP contribution in [0.15, 0.2) is 18.2 Å². The first-order valence-corrected chi connectivity index (χ1v) is 8.18. The minimum atomic E-state index is -0.463. The van der Waals surface area contributed by atoms with E-state index >= 15 is 0 Å². The Balaban J connectivity index is 2.10. The van der Waals surface area contributed by atoms with Gasteiger partial charge in [0.15, 0.2) is 10.8 Å². The summed E-state index contributed by atoms with van der Waals surface area (Å²) in [5, 5.41) is 4.91. The van der Waals surface area contributed by atoms with Gasteiger partial charge in [0.25, 0.3) is 0 Å². The van der Waals surface area contributed by atoms with Gasteiger partial charge >= 0.3 is 0 Å². The van der Waals surface area contributed by atoms with Gasteiger partial charge in [-0.2, -0.15) is 0 Å². The molecule has 3 rings (SSSR count). The van der Waals surface area contributed by atoms with Crippen molar-refractivity contribution in [2.75, 3.05) is 6.54 Å². The third-order valence-electron chi connectivity index (χ3n) is 4.59. The lowest BCUT2D eigenvalue weighted by atomic mass is 9.80. The molecule has 1 aromatic rings. The van der Waals surface area contributed by atoms with E-state index in [2.05, 4.69) is 44.0 Å². The third kappa shape index (κ3) is 2.20. The van der Waals surface area contributed by atoms with Gasteiger partial charge < -0.3 is 15.0 Å². The average Bonchev–Trinajstić information content (AvgIpc) is 2.40. The highest BCUT2D eigenvalue weighted by atomic mass is 35.5. The molecule has 3 nitrogen and oxygen atoms in total. The maximum absolute atomic E-state index is 6.38. The van der Waals surface area contributed by atoms with Crippen LogP contribution in [0.4, 0.5) is 0 Å². The summed E-state index contributed by atoms with van der Waals surface area (Å²) in [5.41, 5.74) is 0.633. The van der Waals surface area contributed by atoms with Crippen LogP contribution in [0.1, 0.15) is 39.3 Å². The zero-order valence-corrected chi connectivity index (χ0v) is 14.4. The van der Waals surface area contributed by atoms with Crippen LogP contribution in [0.25, 0.3) is 0 Å². The van der Waals surface area contributed by atoms with E-state index in [1.165, 1.54) is 0 Å². The fraction of sp³-hybridized carbons (Fsp3) is 0.562. The molecule has 0 spiro atoms. The number of para-hydroxylation sites is 1. The Hall–Kier alpha value is -1.00. The lowest BCUT2D eigenvalue weighted by Crippen LogP contribution is -2.69. The Morgan fingerprint density at radius 1 is 1.48 bits per heavy atom. The number of rotatable bonds is 2. The lowest BCUT2D eigenvalue weighted by Gasteiger charge is -2.56. The van der Waals surface area contributed by atoms with Crippen molar-refractivity contribution in [3.8, 4) is 5.75 Å².